The Kier molecular flexibility index (Phi) is 4.93. The van der Waals surface area contributed by atoms with Gasteiger partial charge < -0.3 is 4.74 Å². The van der Waals surface area contributed by atoms with Crippen LogP contribution in [-0.2, 0) is 4.74 Å². The van der Waals surface area contributed by atoms with Crippen molar-refractivity contribution in [3.8, 4) is 0 Å². The Morgan fingerprint density at radius 1 is 0.941 bits per heavy atom. The number of rotatable bonds is 3. The second-order valence-corrected chi connectivity index (χ2v) is 6.22. The first kappa shape index (κ1) is 13.0. The normalized spacial score (nSPS) is 20.5. The maximum absolute atomic E-state index is 5.88. The van der Waals surface area contributed by atoms with E-state index in [1.54, 1.807) is 0 Å². The minimum Gasteiger partial charge on any atom is -0.367 e. The van der Waals surface area contributed by atoms with Gasteiger partial charge in [-0.2, -0.15) is 0 Å². The smallest absolute Gasteiger partial charge is 0.117 e. The third-order valence-corrected chi connectivity index (χ3v) is 4.99. The van der Waals surface area contributed by atoms with E-state index in [1.165, 1.54) is 49.8 Å². The molecule has 1 saturated carbocycles. The molecule has 0 unspecified atom stereocenters. The summed E-state index contributed by atoms with van der Waals surface area (Å²) in [4.78, 5) is 1.34. The predicted octanol–water partition coefficient (Wildman–Crippen LogP) is 4.87. The van der Waals surface area contributed by atoms with Gasteiger partial charge in [-0.15, -0.1) is 0 Å². The van der Waals surface area contributed by atoms with Gasteiger partial charge in [-0.1, -0.05) is 49.2 Å². The van der Waals surface area contributed by atoms with Crippen molar-refractivity contribution < 1.29 is 4.74 Å². The molecular weight excluding hydrogens is 228 g/mol. The molecule has 0 aromatic heterocycles. The van der Waals surface area contributed by atoms with Crippen LogP contribution in [0.5, 0.6) is 0 Å². The first-order valence-corrected chi connectivity index (χ1v) is 7.45. The highest BCUT2D eigenvalue weighted by Crippen LogP contribution is 2.42. The van der Waals surface area contributed by atoms with E-state index in [0.29, 0.717) is 0 Å². The van der Waals surface area contributed by atoms with E-state index < -0.39 is 0 Å². The summed E-state index contributed by atoms with van der Waals surface area (Å²) in [5.74, 6) is 0. The van der Waals surface area contributed by atoms with Crippen molar-refractivity contribution in [2.75, 3.05) is 7.11 Å². The summed E-state index contributed by atoms with van der Waals surface area (Å²) in [5.41, 5.74) is 0. The second kappa shape index (κ2) is 6.46. The first-order chi connectivity index (χ1) is 8.35. The number of methoxy groups -OCH3 is 1. The van der Waals surface area contributed by atoms with Crippen LogP contribution in [0.3, 0.4) is 0 Å². The van der Waals surface area contributed by atoms with Crippen LogP contribution in [-0.4, -0.2) is 12.0 Å². The van der Waals surface area contributed by atoms with Crippen molar-refractivity contribution in [1.29, 1.82) is 0 Å². The molecular formula is C15H22OS. The summed E-state index contributed by atoms with van der Waals surface area (Å²) >= 11 is 1.91. The van der Waals surface area contributed by atoms with Crippen LogP contribution in [0.1, 0.15) is 44.9 Å². The van der Waals surface area contributed by atoms with Gasteiger partial charge in [0.2, 0.25) is 0 Å². The molecule has 1 aromatic carbocycles. The molecule has 0 radical (unpaired) electrons. The SMILES string of the molecule is COC1(Sc2ccccc2)CCCCCCC1. The summed E-state index contributed by atoms with van der Waals surface area (Å²) in [7, 11) is 1.87. The van der Waals surface area contributed by atoms with E-state index in [4.69, 9.17) is 4.74 Å². The van der Waals surface area contributed by atoms with Crippen LogP contribution in [0.2, 0.25) is 0 Å². The maximum atomic E-state index is 5.88. The standard InChI is InChI=1S/C15H22OS/c1-16-15(12-8-3-2-4-9-13-15)17-14-10-6-5-7-11-14/h5-7,10-11H,2-4,8-9,12-13H2,1H3. The van der Waals surface area contributed by atoms with E-state index in [0.717, 1.165) is 0 Å². The quantitative estimate of drug-likeness (QED) is 0.708. The lowest BCUT2D eigenvalue weighted by Gasteiger charge is -2.33. The molecule has 0 aliphatic heterocycles. The van der Waals surface area contributed by atoms with Crippen LogP contribution in [0.25, 0.3) is 0 Å². The minimum atomic E-state index is 0.0156. The number of benzene rings is 1. The van der Waals surface area contributed by atoms with E-state index in [1.807, 2.05) is 18.9 Å². The molecule has 1 aromatic rings. The van der Waals surface area contributed by atoms with E-state index in [9.17, 15) is 0 Å². The van der Waals surface area contributed by atoms with Crippen LogP contribution >= 0.6 is 11.8 Å². The molecule has 1 nitrogen and oxygen atoms in total. The molecule has 0 atom stereocenters. The summed E-state index contributed by atoms with van der Waals surface area (Å²) in [6, 6.07) is 10.7. The lowest BCUT2D eigenvalue weighted by atomic mass is 9.98. The molecule has 2 rings (SSSR count). The van der Waals surface area contributed by atoms with E-state index in [2.05, 4.69) is 30.3 Å². The van der Waals surface area contributed by atoms with Gasteiger partial charge in [0.25, 0.3) is 0 Å². The van der Waals surface area contributed by atoms with Gasteiger partial charge in [0.1, 0.15) is 4.93 Å². The van der Waals surface area contributed by atoms with E-state index >= 15 is 0 Å². The Hall–Kier alpha value is -0.470. The first-order valence-electron chi connectivity index (χ1n) is 6.64. The van der Waals surface area contributed by atoms with Crippen LogP contribution in [0.15, 0.2) is 35.2 Å². The summed E-state index contributed by atoms with van der Waals surface area (Å²) in [6.07, 6.45) is 9.09. The molecule has 0 bridgehead atoms. The van der Waals surface area contributed by atoms with Crippen molar-refractivity contribution in [3.63, 3.8) is 0 Å². The van der Waals surface area contributed by atoms with Crippen molar-refractivity contribution in [3.05, 3.63) is 30.3 Å². The molecule has 1 aliphatic rings. The Labute approximate surface area is 109 Å². The zero-order valence-corrected chi connectivity index (χ0v) is 11.5. The molecule has 0 N–H and O–H groups in total. The Balaban J connectivity index is 2.06. The molecule has 0 amide bonds. The second-order valence-electron chi connectivity index (χ2n) is 4.80. The summed E-state index contributed by atoms with van der Waals surface area (Å²) < 4.78 is 5.88. The highest BCUT2D eigenvalue weighted by Gasteiger charge is 2.31. The third kappa shape index (κ3) is 3.75. The lowest BCUT2D eigenvalue weighted by molar-refractivity contribution is 0.0485. The predicted molar refractivity (Wildman–Crippen MR) is 74.4 cm³/mol. The number of thioether (sulfide) groups is 1. The Morgan fingerprint density at radius 3 is 2.12 bits per heavy atom. The monoisotopic (exact) mass is 250 g/mol. The Bertz CT molecular complexity index is 315. The fourth-order valence-electron chi connectivity index (χ4n) is 2.50. The van der Waals surface area contributed by atoms with Gasteiger partial charge in [0.15, 0.2) is 0 Å². The molecule has 17 heavy (non-hydrogen) atoms. The molecule has 0 spiro atoms. The number of hydrogen-bond acceptors (Lipinski definition) is 2. The molecule has 0 saturated heterocycles. The van der Waals surface area contributed by atoms with Gasteiger partial charge >= 0.3 is 0 Å². The maximum Gasteiger partial charge on any atom is 0.117 e. The lowest BCUT2D eigenvalue weighted by Crippen LogP contribution is -2.28. The molecule has 2 heteroatoms. The largest absolute Gasteiger partial charge is 0.367 e. The molecule has 1 fully saturated rings. The van der Waals surface area contributed by atoms with Crippen molar-refractivity contribution >= 4 is 11.8 Å². The number of hydrogen-bond donors (Lipinski definition) is 0. The molecule has 94 valence electrons. The molecule has 1 aliphatic carbocycles. The van der Waals surface area contributed by atoms with Crippen LogP contribution < -0.4 is 0 Å². The Morgan fingerprint density at radius 2 is 1.53 bits per heavy atom. The summed E-state index contributed by atoms with van der Waals surface area (Å²) in [5, 5.41) is 0. The van der Waals surface area contributed by atoms with Crippen LogP contribution in [0, 0.1) is 0 Å². The highest BCUT2D eigenvalue weighted by molar-refractivity contribution is 8.00. The average molecular weight is 250 g/mol. The number of ether oxygens (including phenoxy) is 1. The minimum absolute atomic E-state index is 0.0156. The zero-order chi connectivity index (χ0) is 12.0. The zero-order valence-electron chi connectivity index (χ0n) is 10.7. The average Bonchev–Trinajstić information content (AvgIpc) is 2.34. The highest BCUT2D eigenvalue weighted by atomic mass is 32.2. The fourth-order valence-corrected chi connectivity index (χ4v) is 3.79. The third-order valence-electron chi connectivity index (χ3n) is 3.53. The van der Waals surface area contributed by atoms with Gasteiger partial charge in [-0.25, -0.2) is 0 Å². The van der Waals surface area contributed by atoms with Gasteiger partial charge in [0.05, 0.1) is 0 Å². The summed E-state index contributed by atoms with van der Waals surface area (Å²) in [6.45, 7) is 0. The van der Waals surface area contributed by atoms with Crippen molar-refractivity contribution in [1.82, 2.24) is 0 Å². The van der Waals surface area contributed by atoms with Crippen molar-refractivity contribution in [2.24, 2.45) is 0 Å². The fraction of sp³-hybridized carbons (Fsp3) is 0.600. The van der Waals surface area contributed by atoms with Gasteiger partial charge in [0, 0.05) is 12.0 Å². The van der Waals surface area contributed by atoms with Gasteiger partial charge in [-0.3, -0.25) is 0 Å². The topological polar surface area (TPSA) is 9.23 Å². The van der Waals surface area contributed by atoms with Crippen LogP contribution in [0.4, 0.5) is 0 Å². The molecule has 0 heterocycles. The van der Waals surface area contributed by atoms with E-state index in [-0.39, 0.29) is 4.93 Å². The van der Waals surface area contributed by atoms with Crippen molar-refractivity contribution in [2.45, 2.75) is 54.8 Å². The van der Waals surface area contributed by atoms with Gasteiger partial charge in [-0.05, 0) is 37.8 Å².